The van der Waals surface area contributed by atoms with Crippen LogP contribution in [0, 0.1) is 0 Å². The second-order valence-corrected chi connectivity index (χ2v) is 11.2. The molecule has 2 bridgehead atoms. The number of ether oxygens (including phenoxy) is 2. The molecule has 33 heavy (non-hydrogen) atoms. The minimum Gasteiger partial charge on any atom is -0.444 e. The van der Waals surface area contributed by atoms with Crippen LogP contribution < -0.4 is 5.46 Å². The number of benzene rings is 1. The van der Waals surface area contributed by atoms with Gasteiger partial charge in [0.05, 0.1) is 36.5 Å². The first-order valence-corrected chi connectivity index (χ1v) is 11.6. The number of carbonyl (C=O) groups is 2. The van der Waals surface area contributed by atoms with E-state index in [2.05, 4.69) is 0 Å². The average Bonchev–Trinajstić information content (AvgIpc) is 2.92. The molecule has 0 saturated carbocycles. The van der Waals surface area contributed by atoms with Gasteiger partial charge in [-0.3, -0.25) is 4.79 Å². The van der Waals surface area contributed by atoms with Crippen molar-refractivity contribution in [3.8, 4) is 0 Å². The summed E-state index contributed by atoms with van der Waals surface area (Å²) in [6.45, 7) is 15.3. The van der Waals surface area contributed by atoms with Crippen LogP contribution in [0.15, 0.2) is 24.3 Å². The summed E-state index contributed by atoms with van der Waals surface area (Å²) in [5.41, 5.74) is -0.0249. The molecule has 2 unspecified atom stereocenters. The predicted molar refractivity (Wildman–Crippen MR) is 125 cm³/mol. The molecule has 0 radical (unpaired) electrons. The molecule has 3 aliphatic rings. The van der Waals surface area contributed by atoms with Crippen LogP contribution in [0.2, 0.25) is 0 Å². The molecule has 3 saturated heterocycles. The molecule has 1 aromatic rings. The minimum absolute atomic E-state index is 0.0580. The Labute approximate surface area is 196 Å². The van der Waals surface area contributed by atoms with Gasteiger partial charge in [-0.2, -0.15) is 0 Å². The van der Waals surface area contributed by atoms with E-state index in [1.54, 1.807) is 4.90 Å². The van der Waals surface area contributed by atoms with Gasteiger partial charge in [0.2, 0.25) is 0 Å². The van der Waals surface area contributed by atoms with E-state index in [0.717, 1.165) is 5.46 Å². The van der Waals surface area contributed by atoms with Crippen molar-refractivity contribution in [2.24, 2.45) is 0 Å². The van der Waals surface area contributed by atoms with Gasteiger partial charge >= 0.3 is 13.2 Å². The summed E-state index contributed by atoms with van der Waals surface area (Å²) in [5.74, 6) is -0.0580. The van der Waals surface area contributed by atoms with Gasteiger partial charge in [-0.05, 0) is 66.1 Å². The Bertz CT molecular complexity index is 898. The van der Waals surface area contributed by atoms with Gasteiger partial charge in [0.1, 0.15) is 5.60 Å². The fourth-order valence-electron chi connectivity index (χ4n) is 4.31. The van der Waals surface area contributed by atoms with Gasteiger partial charge in [-0.1, -0.05) is 12.1 Å². The fraction of sp³-hybridized carbons (Fsp3) is 0.667. The quantitative estimate of drug-likeness (QED) is 0.634. The number of nitrogens with zero attached hydrogens (tertiary/aromatic N) is 2. The summed E-state index contributed by atoms with van der Waals surface area (Å²) in [7, 11) is -0.519. The predicted octanol–water partition coefficient (Wildman–Crippen LogP) is 2.45. The molecule has 180 valence electrons. The van der Waals surface area contributed by atoms with Gasteiger partial charge in [0, 0.05) is 18.7 Å². The highest BCUT2D eigenvalue weighted by Crippen LogP contribution is 2.36. The molecule has 0 aliphatic carbocycles. The molecule has 2 amide bonds. The maximum atomic E-state index is 13.3. The zero-order valence-electron chi connectivity index (χ0n) is 20.7. The van der Waals surface area contributed by atoms with Crippen molar-refractivity contribution in [3.05, 3.63) is 29.8 Å². The maximum Gasteiger partial charge on any atom is 0.494 e. The van der Waals surface area contributed by atoms with E-state index in [1.807, 2.05) is 77.6 Å². The highest BCUT2D eigenvalue weighted by atomic mass is 16.7. The molecule has 1 aromatic carbocycles. The van der Waals surface area contributed by atoms with Crippen molar-refractivity contribution in [2.45, 2.75) is 77.5 Å². The van der Waals surface area contributed by atoms with E-state index < -0.39 is 23.9 Å². The molecule has 0 N–H and O–H groups in total. The van der Waals surface area contributed by atoms with Gasteiger partial charge in [0.15, 0.2) is 0 Å². The summed E-state index contributed by atoms with van der Waals surface area (Å²) >= 11 is 0. The first-order chi connectivity index (χ1) is 15.2. The number of amides is 2. The van der Waals surface area contributed by atoms with Crippen molar-refractivity contribution in [1.29, 1.82) is 0 Å². The Kier molecular flexibility index (Phi) is 6.04. The van der Waals surface area contributed by atoms with E-state index in [0.29, 0.717) is 31.7 Å². The molecule has 0 aromatic heterocycles. The molecule has 3 fully saturated rings. The van der Waals surface area contributed by atoms with E-state index >= 15 is 0 Å². The van der Waals surface area contributed by atoms with Crippen LogP contribution in [0.4, 0.5) is 4.79 Å². The SMILES string of the molecule is CC(C)(C)OC(=O)N1CC2CN(C(=O)c3cccc(B4OC(C)(C)C(C)(C)O4)c3)CC(C1)O2. The van der Waals surface area contributed by atoms with Gasteiger partial charge in [0.25, 0.3) is 5.91 Å². The van der Waals surface area contributed by atoms with E-state index in [4.69, 9.17) is 18.8 Å². The molecule has 2 atom stereocenters. The molecule has 4 rings (SSSR count). The number of hydrogen-bond acceptors (Lipinski definition) is 6. The summed E-state index contributed by atoms with van der Waals surface area (Å²) in [5, 5.41) is 0. The van der Waals surface area contributed by atoms with Crippen molar-refractivity contribution in [1.82, 2.24) is 9.80 Å². The zero-order chi connectivity index (χ0) is 24.2. The van der Waals surface area contributed by atoms with Gasteiger partial charge < -0.3 is 28.6 Å². The highest BCUT2D eigenvalue weighted by molar-refractivity contribution is 6.62. The van der Waals surface area contributed by atoms with Crippen molar-refractivity contribution in [2.75, 3.05) is 26.2 Å². The lowest BCUT2D eigenvalue weighted by Crippen LogP contribution is -2.61. The van der Waals surface area contributed by atoms with Gasteiger partial charge in [-0.25, -0.2) is 4.79 Å². The fourth-order valence-corrected chi connectivity index (χ4v) is 4.31. The third-order valence-electron chi connectivity index (χ3n) is 6.68. The lowest BCUT2D eigenvalue weighted by Gasteiger charge is -2.45. The summed E-state index contributed by atoms with van der Waals surface area (Å²) < 4.78 is 23.8. The molecule has 3 aliphatic heterocycles. The third kappa shape index (κ3) is 5.05. The summed E-state index contributed by atoms with van der Waals surface area (Å²) in [4.78, 5) is 29.3. The molecule has 9 heteroatoms. The van der Waals surface area contributed by atoms with Crippen LogP contribution >= 0.6 is 0 Å². The van der Waals surface area contributed by atoms with Crippen LogP contribution in [0.1, 0.15) is 58.8 Å². The minimum atomic E-state index is -0.547. The van der Waals surface area contributed by atoms with Crippen molar-refractivity contribution in [3.63, 3.8) is 0 Å². The first kappa shape index (κ1) is 24.0. The molecular formula is C24H35BN2O6. The Morgan fingerprint density at radius 3 is 2.06 bits per heavy atom. The Hall–Kier alpha value is -2.10. The molecule has 8 nitrogen and oxygen atoms in total. The molecule has 0 spiro atoms. The zero-order valence-corrected chi connectivity index (χ0v) is 20.7. The number of hydrogen-bond donors (Lipinski definition) is 0. The van der Waals surface area contributed by atoms with Gasteiger partial charge in [-0.15, -0.1) is 0 Å². The van der Waals surface area contributed by atoms with E-state index in [1.165, 1.54) is 0 Å². The van der Waals surface area contributed by atoms with Crippen LogP contribution in [0.5, 0.6) is 0 Å². The normalized spacial score (nSPS) is 26.3. The van der Waals surface area contributed by atoms with Crippen LogP contribution in [-0.4, -0.2) is 84.1 Å². The third-order valence-corrected chi connectivity index (χ3v) is 6.68. The second kappa shape index (κ2) is 8.29. The largest absolute Gasteiger partial charge is 0.494 e. The summed E-state index contributed by atoms with van der Waals surface area (Å²) in [6, 6.07) is 7.45. The van der Waals surface area contributed by atoms with Crippen molar-refractivity contribution < 1.29 is 28.4 Å². The lowest BCUT2D eigenvalue weighted by atomic mass is 9.78. The van der Waals surface area contributed by atoms with Crippen LogP contribution in [0.25, 0.3) is 0 Å². The topological polar surface area (TPSA) is 77.5 Å². The summed E-state index contributed by atoms with van der Waals surface area (Å²) in [6.07, 6.45) is -0.809. The lowest BCUT2D eigenvalue weighted by molar-refractivity contribution is -0.127. The van der Waals surface area contributed by atoms with Crippen LogP contribution in [0.3, 0.4) is 0 Å². The Balaban J connectivity index is 1.42. The van der Waals surface area contributed by atoms with E-state index in [-0.39, 0.29) is 24.2 Å². The Morgan fingerprint density at radius 2 is 1.52 bits per heavy atom. The highest BCUT2D eigenvalue weighted by Gasteiger charge is 2.51. The smallest absolute Gasteiger partial charge is 0.444 e. The maximum absolute atomic E-state index is 13.3. The average molecular weight is 458 g/mol. The first-order valence-electron chi connectivity index (χ1n) is 11.6. The molecular weight excluding hydrogens is 423 g/mol. The van der Waals surface area contributed by atoms with E-state index in [9.17, 15) is 9.59 Å². The number of morpholine rings is 2. The van der Waals surface area contributed by atoms with Crippen molar-refractivity contribution >= 4 is 24.6 Å². The second-order valence-electron chi connectivity index (χ2n) is 11.2. The number of rotatable bonds is 2. The number of fused-ring (bicyclic) bond motifs is 2. The monoisotopic (exact) mass is 458 g/mol. The van der Waals surface area contributed by atoms with Crippen LogP contribution in [-0.2, 0) is 18.8 Å². The molecule has 3 heterocycles. The Morgan fingerprint density at radius 1 is 0.970 bits per heavy atom. The standard InChI is InChI=1S/C24H35BN2O6/c1-22(2,3)31-21(29)27-14-18-12-26(13-19(15-27)30-18)20(28)16-9-8-10-17(11-16)25-32-23(4,5)24(6,7)33-25/h8-11,18-19H,12-15H2,1-7H3. The number of carbonyl (C=O) groups excluding carboxylic acids is 2.